The molecule has 2 radical (unpaired) electrons. The number of hydrogen-bond acceptors (Lipinski definition) is 7. The van der Waals surface area contributed by atoms with E-state index in [0.717, 1.165) is 90.3 Å². The van der Waals surface area contributed by atoms with Crippen molar-refractivity contribution < 1.29 is 33.4 Å². The molecule has 7 nitrogen and oxygen atoms in total. The van der Waals surface area contributed by atoms with Crippen LogP contribution in [0.5, 0.6) is 0 Å². The van der Waals surface area contributed by atoms with E-state index in [9.17, 15) is 19.2 Å². The van der Waals surface area contributed by atoms with Gasteiger partial charge in [-0.25, -0.2) is 0 Å². The molecule has 4 bridgehead atoms. The highest BCUT2D eigenvalue weighted by Gasteiger charge is 2.65. The molecule has 7 heteroatoms. The first-order valence-electron chi connectivity index (χ1n) is 30.0. The molecule has 0 aromatic rings. The van der Waals surface area contributed by atoms with Crippen LogP contribution >= 0.6 is 0 Å². The van der Waals surface area contributed by atoms with Crippen LogP contribution in [0.15, 0.2) is 0 Å². The van der Waals surface area contributed by atoms with E-state index in [4.69, 9.17) is 21.1 Å². The molecule has 10 rings (SSSR count). The smallest absolute Gasteiger partial charge is 0.317 e. The van der Waals surface area contributed by atoms with Crippen molar-refractivity contribution in [2.75, 3.05) is 14.2 Å². The van der Waals surface area contributed by atoms with E-state index in [1.165, 1.54) is 110 Å². The second kappa shape index (κ2) is 20.0. The molecule has 9 saturated carbocycles. The summed E-state index contributed by atoms with van der Waals surface area (Å²) < 4.78 is 15.5. The van der Waals surface area contributed by atoms with Crippen molar-refractivity contribution in [3.05, 3.63) is 6.92 Å². The van der Waals surface area contributed by atoms with Crippen LogP contribution in [0.4, 0.5) is 0 Å². The molecule has 27 unspecified atom stereocenters. The summed E-state index contributed by atoms with van der Waals surface area (Å²) in [6.45, 7) is 27.1. The van der Waals surface area contributed by atoms with Gasteiger partial charge in [0, 0.05) is 12.8 Å². The van der Waals surface area contributed by atoms with Gasteiger partial charge in [-0.2, -0.15) is 0 Å². The van der Waals surface area contributed by atoms with Crippen molar-refractivity contribution in [3.8, 4) is 0 Å². The van der Waals surface area contributed by atoms with E-state index in [1.54, 1.807) is 7.11 Å². The van der Waals surface area contributed by atoms with Gasteiger partial charge < -0.3 is 14.2 Å². The third-order valence-electron chi connectivity index (χ3n) is 26.1. The molecule has 70 heavy (non-hydrogen) atoms. The number of carbonyl (C=O) groups excluding carboxylic acids is 4. The van der Waals surface area contributed by atoms with E-state index >= 15 is 0 Å². The second-order valence-electron chi connectivity index (χ2n) is 28.6. The zero-order valence-electron chi connectivity index (χ0n) is 45.7. The number of fused-ring (bicyclic) bond motifs is 9. The Morgan fingerprint density at radius 1 is 0.700 bits per heavy atom. The van der Waals surface area contributed by atoms with Crippen LogP contribution in [0.1, 0.15) is 190 Å². The zero-order chi connectivity index (χ0) is 49.7. The van der Waals surface area contributed by atoms with E-state index < -0.39 is 0 Å². The maximum atomic E-state index is 12.9. The molecule has 0 aromatic carbocycles. The van der Waals surface area contributed by atoms with Crippen molar-refractivity contribution in [3.63, 3.8) is 0 Å². The van der Waals surface area contributed by atoms with E-state index in [-0.39, 0.29) is 41.6 Å². The van der Waals surface area contributed by atoms with Crippen molar-refractivity contribution in [2.24, 2.45) is 159 Å². The Bertz CT molecular complexity index is 1930. The minimum Gasteiger partial charge on any atom is -0.469 e. The van der Waals surface area contributed by atoms with Crippen molar-refractivity contribution >= 4 is 23.9 Å². The van der Waals surface area contributed by atoms with Gasteiger partial charge in [0.1, 0.15) is 0 Å². The molecule has 10 aliphatic rings. The summed E-state index contributed by atoms with van der Waals surface area (Å²) in [4.78, 5) is 50.3. The van der Waals surface area contributed by atoms with Gasteiger partial charge in [-0.15, -0.1) is 0 Å². The van der Waals surface area contributed by atoms with Gasteiger partial charge in [-0.05, 0) is 269 Å². The maximum absolute atomic E-state index is 12.9. The van der Waals surface area contributed by atoms with Gasteiger partial charge in [0.25, 0.3) is 0 Å². The number of carbonyl (C=O) groups is 4. The molecular formula is C63H98O7. The lowest BCUT2D eigenvalue weighted by molar-refractivity contribution is -0.164. The second-order valence-corrected chi connectivity index (χ2v) is 28.6. The molecule has 392 valence electrons. The van der Waals surface area contributed by atoms with Crippen molar-refractivity contribution in [1.82, 2.24) is 0 Å². The summed E-state index contributed by atoms with van der Waals surface area (Å²) in [5.74, 6) is 14.1. The summed E-state index contributed by atoms with van der Waals surface area (Å²) in [7, 11) is 3.07. The first-order chi connectivity index (χ1) is 33.3. The summed E-state index contributed by atoms with van der Waals surface area (Å²) >= 11 is 0. The average molecular weight is 967 g/mol. The molecular weight excluding hydrogens is 869 g/mol. The van der Waals surface area contributed by atoms with E-state index in [2.05, 4.69) is 48.5 Å². The number of rotatable bonds is 16. The van der Waals surface area contributed by atoms with Crippen LogP contribution in [0, 0.1) is 166 Å². The molecule has 0 spiro atoms. The number of cyclic esters (lactones) is 2. The van der Waals surface area contributed by atoms with Crippen molar-refractivity contribution in [2.45, 2.75) is 190 Å². The Morgan fingerprint density at radius 2 is 1.43 bits per heavy atom. The molecule has 10 fully saturated rings. The lowest BCUT2D eigenvalue weighted by Gasteiger charge is -2.65. The Hall–Kier alpha value is -1.92. The summed E-state index contributed by atoms with van der Waals surface area (Å²) in [6.07, 6.45) is 25.6. The quantitative estimate of drug-likeness (QED) is 0.0863. The fourth-order valence-corrected chi connectivity index (χ4v) is 22.2. The van der Waals surface area contributed by atoms with Gasteiger partial charge >= 0.3 is 23.9 Å². The van der Waals surface area contributed by atoms with Crippen LogP contribution in [-0.2, 0) is 33.4 Å². The van der Waals surface area contributed by atoms with Crippen LogP contribution in [0.3, 0.4) is 0 Å². The van der Waals surface area contributed by atoms with Crippen LogP contribution in [-0.4, -0.2) is 38.1 Å². The number of ether oxygens (including phenoxy) is 3. The normalized spacial score (nSPS) is 50.9. The largest absolute Gasteiger partial charge is 0.469 e. The van der Waals surface area contributed by atoms with Gasteiger partial charge in [0.2, 0.25) is 0 Å². The third-order valence-corrected chi connectivity index (χ3v) is 26.1. The minimum atomic E-state index is -0.365. The molecule has 0 N–H and O–H groups in total. The lowest BCUT2D eigenvalue weighted by atomic mass is 9.40. The van der Waals surface area contributed by atoms with Gasteiger partial charge in [-0.3, -0.25) is 19.2 Å². The number of methoxy groups -OCH3 is 2. The molecule has 1 saturated heterocycles. The SMILES string of the molecule is [CH]C1CC2CC1C(CC1C(=O)OC(=O)C1C)C2CC1C(CCC(C)C2CC(C)C(CC3CCC4(C)C(C3)CC(C)C3C4CC(C)C4(C)C(C(C)CCC(=O)OC)CCC34)C2)C2CC(CC(=O)OC)C1C2. The van der Waals surface area contributed by atoms with Crippen LogP contribution in [0.25, 0.3) is 0 Å². The maximum Gasteiger partial charge on any atom is 0.317 e. The highest BCUT2D eigenvalue weighted by atomic mass is 16.6. The highest BCUT2D eigenvalue weighted by Crippen LogP contribution is 2.72. The fourth-order valence-electron chi connectivity index (χ4n) is 22.2. The predicted octanol–water partition coefficient (Wildman–Crippen LogP) is 14.0. The standard InChI is InChI=1S/C63H98O7/c1-33(12-14-47-44-27-45(30-58(65)69-11)50(29-44)52(47)32-51-43-21-36(4)48(28-43)53(51)31-49-39(7)60(66)70-61(49)67)41-20-35(3)42(26-41)24-40-18-19-62(8)46(25-40)22-37(5)59-55-16-15-54(34(2)13-17-57(64)68-10)63(55,9)38(6)23-56(59)62/h4,33-56,59H,12-32H2,1-3,5-11H3. The molecule has 1 aliphatic heterocycles. The zero-order valence-corrected chi connectivity index (χ0v) is 45.7. The predicted molar refractivity (Wildman–Crippen MR) is 274 cm³/mol. The molecule has 0 aromatic heterocycles. The Morgan fingerprint density at radius 3 is 2.16 bits per heavy atom. The summed E-state index contributed by atoms with van der Waals surface area (Å²) in [5.41, 5.74) is 0.873. The molecule has 27 atom stereocenters. The minimum absolute atomic E-state index is 0.0491. The van der Waals surface area contributed by atoms with Gasteiger partial charge in [0.15, 0.2) is 0 Å². The Balaban J connectivity index is 0.754. The Labute approximate surface area is 425 Å². The van der Waals surface area contributed by atoms with Gasteiger partial charge in [0.05, 0.1) is 26.1 Å². The average Bonchev–Trinajstić information content (AvgIpc) is 4.21. The third kappa shape index (κ3) is 8.93. The Kier molecular flexibility index (Phi) is 14.7. The number of esters is 4. The number of hydrogen-bond donors (Lipinski definition) is 0. The molecule has 0 amide bonds. The lowest BCUT2D eigenvalue weighted by Crippen LogP contribution is -2.58. The first-order valence-corrected chi connectivity index (χ1v) is 30.0. The first kappa shape index (κ1) is 51.6. The molecule has 1 heterocycles. The van der Waals surface area contributed by atoms with Crippen LogP contribution in [0.2, 0.25) is 0 Å². The van der Waals surface area contributed by atoms with Crippen molar-refractivity contribution in [1.29, 1.82) is 0 Å². The topological polar surface area (TPSA) is 96.0 Å². The summed E-state index contributed by atoms with van der Waals surface area (Å²) in [6, 6.07) is 0. The van der Waals surface area contributed by atoms with Crippen LogP contribution < -0.4 is 0 Å². The summed E-state index contributed by atoms with van der Waals surface area (Å²) in [5, 5.41) is 0. The van der Waals surface area contributed by atoms with Gasteiger partial charge in [-0.1, -0.05) is 61.8 Å². The highest BCUT2D eigenvalue weighted by molar-refractivity contribution is 5.96. The fraction of sp³-hybridized carbons (Fsp3) is 0.921. The van der Waals surface area contributed by atoms with E-state index in [0.29, 0.717) is 82.9 Å². The monoisotopic (exact) mass is 967 g/mol. The molecule has 9 aliphatic carbocycles. The van der Waals surface area contributed by atoms with E-state index in [1.807, 2.05) is 6.92 Å².